The fourth-order valence-corrected chi connectivity index (χ4v) is 2.97. The van der Waals surface area contributed by atoms with Crippen LogP contribution < -0.4 is 0 Å². The molecule has 0 radical (unpaired) electrons. The molecule has 3 rings (SSSR count). The molecule has 1 aromatic carbocycles. The molecule has 1 aromatic rings. The van der Waals surface area contributed by atoms with E-state index in [1.165, 1.54) is 37.7 Å². The molecule has 0 fully saturated rings. The molecule has 2 aliphatic carbocycles. The summed E-state index contributed by atoms with van der Waals surface area (Å²) in [7, 11) is 0. The molecule has 2 aliphatic rings. The third-order valence-corrected chi connectivity index (χ3v) is 3.62. The van der Waals surface area contributed by atoms with Gasteiger partial charge in [-0.3, -0.25) is 0 Å². The van der Waals surface area contributed by atoms with Gasteiger partial charge in [-0.2, -0.15) is 0 Å². The molecular weight excluding hydrogens is 168 g/mol. The summed E-state index contributed by atoms with van der Waals surface area (Å²) in [6.07, 6.45) is 11.4. The average molecular weight is 184 g/mol. The van der Waals surface area contributed by atoms with Crippen LogP contribution in [0.2, 0.25) is 0 Å². The van der Waals surface area contributed by atoms with Gasteiger partial charge in [0.05, 0.1) is 0 Å². The van der Waals surface area contributed by atoms with Gasteiger partial charge in [-0.25, -0.2) is 0 Å². The van der Waals surface area contributed by atoms with E-state index in [0.29, 0.717) is 0 Å². The Labute approximate surface area is 85.6 Å². The SMILES string of the molecule is C1=Cc2cccc3c2C(CC1)CCC3. The van der Waals surface area contributed by atoms with E-state index >= 15 is 0 Å². The van der Waals surface area contributed by atoms with Crippen LogP contribution in [0.15, 0.2) is 24.3 Å². The summed E-state index contributed by atoms with van der Waals surface area (Å²) in [4.78, 5) is 0. The van der Waals surface area contributed by atoms with Gasteiger partial charge in [0.1, 0.15) is 0 Å². The summed E-state index contributed by atoms with van der Waals surface area (Å²) < 4.78 is 0. The second-order valence-corrected chi connectivity index (χ2v) is 4.49. The van der Waals surface area contributed by atoms with Crippen LogP contribution in [0.4, 0.5) is 0 Å². The van der Waals surface area contributed by atoms with E-state index in [0.717, 1.165) is 5.92 Å². The van der Waals surface area contributed by atoms with E-state index < -0.39 is 0 Å². The van der Waals surface area contributed by atoms with E-state index in [-0.39, 0.29) is 0 Å². The third-order valence-electron chi connectivity index (χ3n) is 3.62. The van der Waals surface area contributed by atoms with Crippen molar-refractivity contribution in [1.29, 1.82) is 0 Å². The van der Waals surface area contributed by atoms with Crippen molar-refractivity contribution in [3.05, 3.63) is 41.0 Å². The molecule has 1 unspecified atom stereocenters. The van der Waals surface area contributed by atoms with Gasteiger partial charge in [-0.05, 0) is 54.7 Å². The zero-order valence-electron chi connectivity index (χ0n) is 8.50. The standard InChI is InChI=1S/C14H16/c1-2-6-12-8-4-10-13-9-3-7-11(5-1)14(12)13/h1,3,5,7,9,12H,2,4,6,8,10H2. The number of allylic oxidation sites excluding steroid dienone is 1. The number of rotatable bonds is 0. The highest BCUT2D eigenvalue weighted by atomic mass is 14.3. The first-order chi connectivity index (χ1) is 6.95. The van der Waals surface area contributed by atoms with Crippen molar-refractivity contribution in [2.75, 3.05) is 0 Å². The Morgan fingerprint density at radius 3 is 3.14 bits per heavy atom. The zero-order chi connectivity index (χ0) is 9.38. The van der Waals surface area contributed by atoms with Gasteiger partial charge in [0.15, 0.2) is 0 Å². The Morgan fingerprint density at radius 2 is 2.14 bits per heavy atom. The van der Waals surface area contributed by atoms with E-state index in [2.05, 4.69) is 30.4 Å². The summed E-state index contributed by atoms with van der Waals surface area (Å²) in [5.41, 5.74) is 4.78. The van der Waals surface area contributed by atoms with E-state index in [1.54, 1.807) is 11.1 Å². The highest BCUT2D eigenvalue weighted by Gasteiger charge is 2.22. The van der Waals surface area contributed by atoms with Gasteiger partial charge >= 0.3 is 0 Å². The molecule has 0 nitrogen and oxygen atoms in total. The fourth-order valence-electron chi connectivity index (χ4n) is 2.97. The number of benzene rings is 1. The topological polar surface area (TPSA) is 0 Å². The van der Waals surface area contributed by atoms with Crippen molar-refractivity contribution in [3.63, 3.8) is 0 Å². The van der Waals surface area contributed by atoms with E-state index in [1.807, 2.05) is 0 Å². The fraction of sp³-hybridized carbons (Fsp3) is 0.429. The Morgan fingerprint density at radius 1 is 1.14 bits per heavy atom. The second-order valence-electron chi connectivity index (χ2n) is 4.49. The lowest BCUT2D eigenvalue weighted by Crippen LogP contribution is -2.10. The maximum atomic E-state index is 2.34. The lowest BCUT2D eigenvalue weighted by atomic mass is 9.79. The first-order valence-electron chi connectivity index (χ1n) is 5.73. The maximum absolute atomic E-state index is 2.34. The van der Waals surface area contributed by atoms with Crippen LogP contribution in [0.5, 0.6) is 0 Å². The molecular formula is C14H16. The molecule has 0 spiro atoms. The molecule has 0 aromatic heterocycles. The summed E-state index contributed by atoms with van der Waals surface area (Å²) >= 11 is 0. The number of hydrogen-bond acceptors (Lipinski definition) is 0. The molecule has 0 bridgehead atoms. The molecule has 72 valence electrons. The first kappa shape index (κ1) is 8.28. The summed E-state index contributed by atoms with van der Waals surface area (Å²) in [6.45, 7) is 0. The molecule has 0 amide bonds. The molecule has 0 heteroatoms. The second kappa shape index (κ2) is 3.27. The highest BCUT2D eigenvalue weighted by Crippen LogP contribution is 2.39. The molecule has 14 heavy (non-hydrogen) atoms. The zero-order valence-corrected chi connectivity index (χ0v) is 8.50. The van der Waals surface area contributed by atoms with Crippen molar-refractivity contribution in [1.82, 2.24) is 0 Å². The van der Waals surface area contributed by atoms with Crippen LogP contribution in [0, 0.1) is 0 Å². The Hall–Kier alpha value is -1.04. The predicted octanol–water partition coefficient (Wildman–Crippen LogP) is 3.91. The van der Waals surface area contributed by atoms with Gasteiger partial charge in [0, 0.05) is 0 Å². The minimum absolute atomic E-state index is 0.852. The van der Waals surface area contributed by atoms with Crippen molar-refractivity contribution in [2.24, 2.45) is 0 Å². The quantitative estimate of drug-likeness (QED) is 0.573. The molecule has 1 atom stereocenters. The number of hydrogen-bond donors (Lipinski definition) is 0. The normalized spacial score (nSPS) is 24.1. The van der Waals surface area contributed by atoms with E-state index in [9.17, 15) is 0 Å². The van der Waals surface area contributed by atoms with Gasteiger partial charge in [-0.15, -0.1) is 0 Å². The minimum Gasteiger partial charge on any atom is -0.0839 e. The van der Waals surface area contributed by atoms with Crippen LogP contribution in [0.25, 0.3) is 6.08 Å². The third kappa shape index (κ3) is 1.21. The van der Waals surface area contributed by atoms with Gasteiger partial charge in [0.25, 0.3) is 0 Å². The lowest BCUT2D eigenvalue weighted by Gasteiger charge is -2.26. The molecule has 0 aliphatic heterocycles. The molecule has 0 heterocycles. The van der Waals surface area contributed by atoms with Gasteiger partial charge in [-0.1, -0.05) is 30.4 Å². The lowest BCUT2D eigenvalue weighted by molar-refractivity contribution is 0.526. The average Bonchev–Trinajstić information content (AvgIpc) is 2.44. The molecule has 0 saturated carbocycles. The Balaban J connectivity index is 2.20. The summed E-state index contributed by atoms with van der Waals surface area (Å²) in [6, 6.07) is 6.81. The predicted molar refractivity (Wildman–Crippen MR) is 60.4 cm³/mol. The van der Waals surface area contributed by atoms with Gasteiger partial charge < -0.3 is 0 Å². The Kier molecular flexibility index (Phi) is 1.93. The van der Waals surface area contributed by atoms with Crippen LogP contribution in [0.3, 0.4) is 0 Å². The van der Waals surface area contributed by atoms with Gasteiger partial charge in [0.2, 0.25) is 0 Å². The summed E-state index contributed by atoms with van der Waals surface area (Å²) in [5.74, 6) is 0.852. The number of aryl methyl sites for hydroxylation is 1. The molecule has 0 saturated heterocycles. The largest absolute Gasteiger partial charge is 0.0839 e. The smallest absolute Gasteiger partial charge is 0.0150 e. The summed E-state index contributed by atoms with van der Waals surface area (Å²) in [5, 5.41) is 0. The van der Waals surface area contributed by atoms with Crippen molar-refractivity contribution in [3.8, 4) is 0 Å². The van der Waals surface area contributed by atoms with Crippen LogP contribution in [-0.2, 0) is 6.42 Å². The monoisotopic (exact) mass is 184 g/mol. The minimum atomic E-state index is 0.852. The van der Waals surface area contributed by atoms with Crippen LogP contribution in [-0.4, -0.2) is 0 Å². The van der Waals surface area contributed by atoms with E-state index in [4.69, 9.17) is 0 Å². The van der Waals surface area contributed by atoms with Crippen molar-refractivity contribution >= 4 is 6.08 Å². The van der Waals surface area contributed by atoms with Crippen molar-refractivity contribution in [2.45, 2.75) is 38.0 Å². The maximum Gasteiger partial charge on any atom is -0.0150 e. The molecule has 0 N–H and O–H groups in total. The Bertz CT molecular complexity index is 374. The first-order valence-corrected chi connectivity index (χ1v) is 5.73. The highest BCUT2D eigenvalue weighted by molar-refractivity contribution is 5.58. The van der Waals surface area contributed by atoms with Crippen LogP contribution in [0.1, 0.15) is 48.3 Å². The van der Waals surface area contributed by atoms with Crippen LogP contribution >= 0.6 is 0 Å². The van der Waals surface area contributed by atoms with Crippen molar-refractivity contribution < 1.29 is 0 Å².